The molecule has 1 fully saturated rings. The Hall–Kier alpha value is -1.00. The Morgan fingerprint density at radius 1 is 1.43 bits per heavy atom. The van der Waals surface area contributed by atoms with Crippen LogP contribution in [-0.2, 0) is 11.3 Å². The molecule has 14 heavy (non-hydrogen) atoms. The van der Waals surface area contributed by atoms with Gasteiger partial charge >= 0.3 is 0 Å². The summed E-state index contributed by atoms with van der Waals surface area (Å²) in [4.78, 5) is 8.71. The molecule has 0 radical (unpaired) electrons. The fourth-order valence-corrected chi connectivity index (χ4v) is 1.68. The predicted octanol–water partition coefficient (Wildman–Crippen LogP) is 0.829. The molecular weight excluding hydrogens is 178 g/mol. The summed E-state index contributed by atoms with van der Waals surface area (Å²) in [7, 11) is 0. The minimum absolute atomic E-state index is 0.454. The molecule has 0 bridgehead atoms. The predicted molar refractivity (Wildman–Crippen MR) is 52.7 cm³/mol. The zero-order valence-electron chi connectivity index (χ0n) is 8.15. The molecule has 2 N–H and O–H groups in total. The molecule has 1 aromatic heterocycles. The Bertz CT molecular complexity index is 297. The normalized spacial score (nSPS) is 18.4. The third kappa shape index (κ3) is 2.08. The van der Waals surface area contributed by atoms with Gasteiger partial charge < -0.3 is 10.5 Å². The van der Waals surface area contributed by atoms with Gasteiger partial charge in [-0.2, -0.15) is 0 Å². The van der Waals surface area contributed by atoms with Gasteiger partial charge in [0.25, 0.3) is 0 Å². The van der Waals surface area contributed by atoms with E-state index in [1.54, 1.807) is 6.20 Å². The average molecular weight is 193 g/mol. The number of ether oxygens (including phenoxy) is 1. The molecule has 0 aliphatic carbocycles. The third-order valence-electron chi connectivity index (χ3n) is 2.53. The molecule has 4 heteroatoms. The fourth-order valence-electron chi connectivity index (χ4n) is 1.68. The van der Waals surface area contributed by atoms with Gasteiger partial charge in [0, 0.05) is 31.9 Å². The summed E-state index contributed by atoms with van der Waals surface area (Å²) in [6.07, 6.45) is 3.84. The highest BCUT2D eigenvalue weighted by molar-refractivity contribution is 5.05. The molecule has 4 nitrogen and oxygen atoms in total. The van der Waals surface area contributed by atoms with E-state index in [2.05, 4.69) is 9.97 Å². The molecule has 1 aliphatic rings. The van der Waals surface area contributed by atoms with Crippen LogP contribution >= 0.6 is 0 Å². The fraction of sp³-hybridized carbons (Fsp3) is 0.600. The van der Waals surface area contributed by atoms with Crippen molar-refractivity contribution in [3.63, 3.8) is 0 Å². The van der Waals surface area contributed by atoms with Crippen LogP contribution in [0.2, 0.25) is 0 Å². The zero-order chi connectivity index (χ0) is 9.80. The van der Waals surface area contributed by atoms with Crippen LogP contribution in [0.3, 0.4) is 0 Å². The lowest BCUT2D eigenvalue weighted by Gasteiger charge is -2.20. The molecule has 0 saturated carbocycles. The molecule has 0 atom stereocenters. The molecule has 1 aromatic rings. The van der Waals surface area contributed by atoms with E-state index in [1.165, 1.54) is 0 Å². The van der Waals surface area contributed by atoms with Crippen LogP contribution in [0, 0.1) is 0 Å². The van der Waals surface area contributed by atoms with Crippen molar-refractivity contribution in [2.24, 2.45) is 5.73 Å². The van der Waals surface area contributed by atoms with Gasteiger partial charge in [-0.25, -0.2) is 9.97 Å². The highest BCUT2D eigenvalue weighted by atomic mass is 16.5. The summed E-state index contributed by atoms with van der Waals surface area (Å²) in [6.45, 7) is 2.13. The first-order chi connectivity index (χ1) is 6.90. The number of hydrogen-bond donors (Lipinski definition) is 1. The molecule has 1 saturated heterocycles. The topological polar surface area (TPSA) is 61.0 Å². The van der Waals surface area contributed by atoms with Gasteiger partial charge in [-0.05, 0) is 18.9 Å². The quantitative estimate of drug-likeness (QED) is 0.755. The third-order valence-corrected chi connectivity index (χ3v) is 2.53. The highest BCUT2D eigenvalue weighted by Gasteiger charge is 2.18. The van der Waals surface area contributed by atoms with Crippen LogP contribution in [0.15, 0.2) is 12.3 Å². The smallest absolute Gasteiger partial charge is 0.131 e. The summed E-state index contributed by atoms with van der Waals surface area (Å²) >= 11 is 0. The van der Waals surface area contributed by atoms with E-state index in [0.29, 0.717) is 12.5 Å². The van der Waals surface area contributed by atoms with Crippen LogP contribution < -0.4 is 5.73 Å². The Labute approximate surface area is 83.5 Å². The number of nitrogens with zero attached hydrogens (tertiary/aromatic N) is 2. The summed E-state index contributed by atoms with van der Waals surface area (Å²) in [5, 5.41) is 0. The molecule has 1 aliphatic heterocycles. The lowest BCUT2D eigenvalue weighted by atomic mass is 9.99. The van der Waals surface area contributed by atoms with E-state index in [9.17, 15) is 0 Å². The second-order valence-corrected chi connectivity index (χ2v) is 3.50. The minimum atomic E-state index is 0.454. The van der Waals surface area contributed by atoms with Gasteiger partial charge in [0.15, 0.2) is 0 Å². The summed E-state index contributed by atoms with van der Waals surface area (Å²) < 4.78 is 5.30. The highest BCUT2D eigenvalue weighted by Crippen LogP contribution is 2.23. The van der Waals surface area contributed by atoms with Gasteiger partial charge in [-0.1, -0.05) is 0 Å². The Kier molecular flexibility index (Phi) is 3.06. The van der Waals surface area contributed by atoms with Gasteiger partial charge in [0.05, 0.1) is 5.69 Å². The van der Waals surface area contributed by atoms with Gasteiger partial charge in [-0.15, -0.1) is 0 Å². The van der Waals surface area contributed by atoms with Crippen molar-refractivity contribution in [2.75, 3.05) is 13.2 Å². The van der Waals surface area contributed by atoms with Crippen molar-refractivity contribution in [1.29, 1.82) is 0 Å². The van der Waals surface area contributed by atoms with Crippen molar-refractivity contribution in [3.05, 3.63) is 23.8 Å². The van der Waals surface area contributed by atoms with Gasteiger partial charge in [0.2, 0.25) is 0 Å². The maximum atomic E-state index is 5.53. The summed E-state index contributed by atoms with van der Waals surface area (Å²) in [6, 6.07) is 1.86. The molecule has 2 rings (SSSR count). The number of aromatic nitrogens is 2. The second kappa shape index (κ2) is 4.48. The van der Waals surface area contributed by atoms with Crippen LogP contribution in [-0.4, -0.2) is 23.2 Å². The molecule has 0 unspecified atom stereocenters. The minimum Gasteiger partial charge on any atom is -0.381 e. The standard InChI is InChI=1S/C10H15N3O/c11-7-9-1-4-12-10(13-9)8-2-5-14-6-3-8/h1,4,8H,2-3,5-7,11H2. The van der Waals surface area contributed by atoms with Gasteiger partial charge in [0.1, 0.15) is 5.82 Å². The van der Waals surface area contributed by atoms with Crippen LogP contribution in [0.4, 0.5) is 0 Å². The van der Waals surface area contributed by atoms with E-state index < -0.39 is 0 Å². The lowest BCUT2D eigenvalue weighted by molar-refractivity contribution is 0.0835. The largest absolute Gasteiger partial charge is 0.381 e. The van der Waals surface area contributed by atoms with E-state index in [1.807, 2.05) is 6.07 Å². The second-order valence-electron chi connectivity index (χ2n) is 3.50. The molecule has 0 aromatic carbocycles. The maximum absolute atomic E-state index is 5.53. The summed E-state index contributed by atoms with van der Waals surface area (Å²) in [5.41, 5.74) is 6.45. The van der Waals surface area contributed by atoms with Crippen LogP contribution in [0.25, 0.3) is 0 Å². The monoisotopic (exact) mass is 193 g/mol. The van der Waals surface area contributed by atoms with Crippen molar-refractivity contribution in [1.82, 2.24) is 9.97 Å². The number of nitrogens with two attached hydrogens (primary N) is 1. The van der Waals surface area contributed by atoms with E-state index in [4.69, 9.17) is 10.5 Å². The average Bonchev–Trinajstić information content (AvgIpc) is 2.30. The van der Waals surface area contributed by atoms with E-state index in [0.717, 1.165) is 37.6 Å². The Morgan fingerprint density at radius 3 is 2.93 bits per heavy atom. The van der Waals surface area contributed by atoms with Crippen molar-refractivity contribution in [2.45, 2.75) is 25.3 Å². The van der Waals surface area contributed by atoms with Crippen LogP contribution in [0.5, 0.6) is 0 Å². The first-order valence-electron chi connectivity index (χ1n) is 5.00. The molecular formula is C10H15N3O. The number of rotatable bonds is 2. The lowest BCUT2D eigenvalue weighted by Crippen LogP contribution is -2.17. The van der Waals surface area contributed by atoms with Crippen molar-refractivity contribution in [3.8, 4) is 0 Å². The SMILES string of the molecule is NCc1ccnc(C2CCOCC2)n1. The molecule has 0 spiro atoms. The van der Waals surface area contributed by atoms with Gasteiger partial charge in [-0.3, -0.25) is 0 Å². The molecule has 2 heterocycles. The number of hydrogen-bond acceptors (Lipinski definition) is 4. The van der Waals surface area contributed by atoms with E-state index in [-0.39, 0.29) is 0 Å². The first-order valence-corrected chi connectivity index (χ1v) is 5.00. The summed E-state index contributed by atoms with van der Waals surface area (Å²) in [5.74, 6) is 1.38. The first kappa shape index (κ1) is 9.55. The zero-order valence-corrected chi connectivity index (χ0v) is 8.15. The Morgan fingerprint density at radius 2 is 2.21 bits per heavy atom. The van der Waals surface area contributed by atoms with Crippen molar-refractivity contribution >= 4 is 0 Å². The van der Waals surface area contributed by atoms with Crippen molar-refractivity contribution < 1.29 is 4.74 Å². The molecule has 0 amide bonds. The maximum Gasteiger partial charge on any atom is 0.131 e. The molecule has 76 valence electrons. The Balaban J connectivity index is 2.13. The van der Waals surface area contributed by atoms with Crippen LogP contribution in [0.1, 0.15) is 30.3 Å². The van der Waals surface area contributed by atoms with E-state index >= 15 is 0 Å².